The summed E-state index contributed by atoms with van der Waals surface area (Å²) >= 11 is 0. The summed E-state index contributed by atoms with van der Waals surface area (Å²) < 4.78 is 44.4. The molecule has 0 bridgehead atoms. The summed E-state index contributed by atoms with van der Waals surface area (Å²) in [5.74, 6) is -1.83. The van der Waals surface area contributed by atoms with Crippen molar-refractivity contribution in [1.29, 1.82) is 0 Å². The number of hydrogen-bond donors (Lipinski definition) is 0. The summed E-state index contributed by atoms with van der Waals surface area (Å²) in [4.78, 5) is 23.0. The maximum Gasteiger partial charge on any atom is 1.00 e. The number of ether oxygens (including phenoxy) is 2. The number of carbonyl (C=O) groups is 2. The van der Waals surface area contributed by atoms with Crippen molar-refractivity contribution in [2.75, 3.05) is 0 Å². The van der Waals surface area contributed by atoms with Gasteiger partial charge in [-0.15, -0.1) is 0 Å². The molecule has 0 saturated heterocycles. The van der Waals surface area contributed by atoms with Gasteiger partial charge in [0.1, 0.15) is 26.5 Å². The molecule has 25 heavy (non-hydrogen) atoms. The van der Waals surface area contributed by atoms with Crippen molar-refractivity contribution in [3.63, 3.8) is 0 Å². The average molecular weight is 380 g/mol. The molecule has 0 saturated carbocycles. The van der Waals surface area contributed by atoms with Gasteiger partial charge in [-0.3, -0.25) is 9.59 Å². The van der Waals surface area contributed by atoms with Gasteiger partial charge in [-0.25, -0.2) is 8.42 Å². The van der Waals surface area contributed by atoms with Crippen LogP contribution in [0.4, 0.5) is 0 Å². The molecule has 1 rings (SSSR count). The first-order chi connectivity index (χ1) is 10.6. The van der Waals surface area contributed by atoms with Gasteiger partial charge in [-0.2, -0.15) is 0 Å². The molecule has 0 aromatic heterocycles. The Morgan fingerprint density at radius 1 is 0.920 bits per heavy atom. The second-order valence-corrected chi connectivity index (χ2v) is 8.69. The van der Waals surface area contributed by atoms with Crippen molar-refractivity contribution in [2.45, 2.75) is 46.4 Å². The molecule has 0 aliphatic rings. The average Bonchev–Trinajstić information content (AvgIpc) is 2.36. The van der Waals surface area contributed by atoms with Crippen LogP contribution in [-0.2, 0) is 19.7 Å². The summed E-state index contributed by atoms with van der Waals surface area (Å²) in [6.07, 6.45) is 0. The summed E-state index contributed by atoms with van der Waals surface area (Å²) in [5.41, 5.74) is -1.70. The first kappa shape index (κ1) is 24.1. The van der Waals surface area contributed by atoms with Crippen LogP contribution in [0.2, 0.25) is 0 Å². The third kappa shape index (κ3) is 7.07. The van der Waals surface area contributed by atoms with Crippen molar-refractivity contribution in [1.82, 2.24) is 0 Å². The van der Waals surface area contributed by atoms with E-state index in [1.165, 1.54) is 6.07 Å². The number of rotatable bonds is 3. The third-order valence-corrected chi connectivity index (χ3v) is 3.68. The van der Waals surface area contributed by atoms with Gasteiger partial charge in [0.05, 0.1) is 10.8 Å². The van der Waals surface area contributed by atoms with E-state index in [1.807, 2.05) is 0 Å². The zero-order valence-corrected chi connectivity index (χ0v) is 18.3. The van der Waals surface area contributed by atoms with Crippen LogP contribution < -0.4 is 39.0 Å². The minimum Gasteiger partial charge on any atom is -0.744 e. The second kappa shape index (κ2) is 8.18. The van der Waals surface area contributed by atoms with Crippen LogP contribution in [0.5, 0.6) is 11.5 Å². The van der Waals surface area contributed by atoms with Crippen molar-refractivity contribution in [3.8, 4) is 11.5 Å². The topological polar surface area (TPSA) is 110 Å². The van der Waals surface area contributed by atoms with Crippen LogP contribution in [0.15, 0.2) is 23.1 Å². The predicted octanol–water partition coefficient (Wildman–Crippen LogP) is -0.502. The van der Waals surface area contributed by atoms with Gasteiger partial charge in [0.15, 0.2) is 0 Å². The Hall–Kier alpha value is -0.930. The van der Waals surface area contributed by atoms with Crippen LogP contribution in [0.3, 0.4) is 0 Å². The summed E-state index contributed by atoms with van der Waals surface area (Å²) in [7, 11) is -4.94. The Labute approximate surface area is 170 Å². The monoisotopic (exact) mass is 380 g/mol. The fourth-order valence-corrected chi connectivity index (χ4v) is 1.96. The van der Waals surface area contributed by atoms with E-state index in [9.17, 15) is 22.6 Å². The van der Waals surface area contributed by atoms with Gasteiger partial charge in [-0.05, 0) is 53.7 Å². The van der Waals surface area contributed by atoms with E-state index in [4.69, 9.17) is 9.47 Å². The van der Waals surface area contributed by atoms with Crippen molar-refractivity contribution in [3.05, 3.63) is 18.2 Å². The number of benzene rings is 1. The fourth-order valence-electron chi connectivity index (χ4n) is 1.34. The molecule has 0 fully saturated rings. The molecule has 0 aliphatic heterocycles. The van der Waals surface area contributed by atoms with Gasteiger partial charge in [0.2, 0.25) is 0 Å². The molecular weight excluding hydrogens is 359 g/mol. The van der Waals surface area contributed by atoms with Gasteiger partial charge >= 0.3 is 41.5 Å². The molecule has 134 valence electrons. The molecule has 0 radical (unpaired) electrons. The molecular formula is C16H21NaO7S. The second-order valence-electron chi connectivity index (χ2n) is 7.34. The van der Waals surface area contributed by atoms with Gasteiger partial charge in [-0.1, -0.05) is 0 Å². The largest absolute Gasteiger partial charge is 1.00 e. The molecule has 0 spiro atoms. The van der Waals surface area contributed by atoms with Crippen LogP contribution >= 0.6 is 0 Å². The van der Waals surface area contributed by atoms with Crippen molar-refractivity contribution in [2.24, 2.45) is 10.8 Å². The van der Waals surface area contributed by atoms with E-state index in [2.05, 4.69) is 0 Å². The van der Waals surface area contributed by atoms with Gasteiger partial charge in [0.25, 0.3) is 0 Å². The zero-order valence-electron chi connectivity index (χ0n) is 15.5. The SMILES string of the molecule is CC(C)(C)C(=O)Oc1ccc(OC(=O)C(C)(C)C)c(S(=O)(=O)[O-])c1.[Na+]. The standard InChI is InChI=1S/C16H22O7S.Na/c1-15(2,3)13(17)22-10-7-8-11(12(9-10)24(19,20)21)23-14(18)16(4,5)6;/h7-9H,1-6H3,(H,19,20,21);/q;+1/p-1. The number of carbonyl (C=O) groups excluding carboxylic acids is 2. The van der Waals surface area contributed by atoms with E-state index < -0.39 is 43.5 Å². The predicted molar refractivity (Wildman–Crippen MR) is 84.6 cm³/mol. The van der Waals surface area contributed by atoms with E-state index in [0.29, 0.717) is 0 Å². The third-order valence-electron chi connectivity index (χ3n) is 2.82. The fraction of sp³-hybridized carbons (Fsp3) is 0.500. The zero-order chi connectivity index (χ0) is 18.9. The minimum absolute atomic E-state index is 0. The van der Waals surface area contributed by atoms with Crippen LogP contribution in [0.25, 0.3) is 0 Å². The molecule has 0 unspecified atom stereocenters. The first-order valence-electron chi connectivity index (χ1n) is 7.17. The van der Waals surface area contributed by atoms with Crippen LogP contribution in [0.1, 0.15) is 41.5 Å². The van der Waals surface area contributed by atoms with Crippen LogP contribution in [-0.4, -0.2) is 24.9 Å². The molecule has 0 amide bonds. The first-order valence-corrected chi connectivity index (χ1v) is 8.58. The van der Waals surface area contributed by atoms with E-state index in [1.54, 1.807) is 41.5 Å². The molecule has 7 nitrogen and oxygen atoms in total. The Morgan fingerprint density at radius 3 is 1.76 bits per heavy atom. The molecule has 0 N–H and O–H groups in total. The maximum absolute atomic E-state index is 11.9. The quantitative estimate of drug-likeness (QED) is 0.301. The van der Waals surface area contributed by atoms with Gasteiger partial charge < -0.3 is 14.0 Å². The molecule has 0 aliphatic carbocycles. The maximum atomic E-state index is 11.9. The minimum atomic E-state index is -4.94. The molecule has 0 heterocycles. The Balaban J connectivity index is 0.00000576. The smallest absolute Gasteiger partial charge is 0.744 e. The summed E-state index contributed by atoms with van der Waals surface area (Å²) in [5, 5.41) is 0. The molecule has 0 atom stereocenters. The normalized spacial score (nSPS) is 12.1. The Kier molecular flexibility index (Phi) is 7.87. The van der Waals surface area contributed by atoms with E-state index >= 15 is 0 Å². The molecule has 1 aromatic carbocycles. The van der Waals surface area contributed by atoms with E-state index in [0.717, 1.165) is 12.1 Å². The van der Waals surface area contributed by atoms with Crippen LogP contribution in [0, 0.1) is 10.8 Å². The van der Waals surface area contributed by atoms with E-state index in [-0.39, 0.29) is 35.3 Å². The Morgan fingerprint density at radius 2 is 1.36 bits per heavy atom. The molecule has 9 heteroatoms. The summed E-state index contributed by atoms with van der Waals surface area (Å²) in [6.45, 7) is 9.63. The summed E-state index contributed by atoms with van der Waals surface area (Å²) in [6, 6.07) is 3.24. The Bertz CT molecular complexity index is 756. The number of esters is 2. The van der Waals surface area contributed by atoms with Crippen molar-refractivity contribution >= 4 is 22.1 Å². The van der Waals surface area contributed by atoms with Gasteiger partial charge in [0, 0.05) is 6.07 Å². The molecule has 1 aromatic rings. The number of hydrogen-bond acceptors (Lipinski definition) is 7. The van der Waals surface area contributed by atoms with Crippen molar-refractivity contribution < 1.29 is 61.6 Å².